The molecule has 0 bridgehead atoms. The molecular weight excluding hydrogens is 320 g/mol. The second-order valence-corrected chi connectivity index (χ2v) is 8.33. The molecule has 2 N–H and O–H groups in total. The Morgan fingerprint density at radius 1 is 1.23 bits per heavy atom. The molecule has 2 aromatic rings. The van der Waals surface area contributed by atoms with Gasteiger partial charge in [-0.2, -0.15) is 4.31 Å². The third kappa shape index (κ3) is 2.65. The standard InChI is InChI=1S/C15H18N2O3S2/c1-20-14-7-8-21-15(14)22(18,19)17-9-12(13(16)10-17)11-5-3-2-4-6-11/h2-8,12-13H,9-10,16H2,1H3/t12-,13+/m0/s1. The van der Waals surface area contributed by atoms with Crippen LogP contribution in [-0.2, 0) is 10.0 Å². The van der Waals surface area contributed by atoms with E-state index in [-0.39, 0.29) is 16.2 Å². The van der Waals surface area contributed by atoms with Gasteiger partial charge in [-0.05, 0) is 17.0 Å². The maximum atomic E-state index is 12.8. The van der Waals surface area contributed by atoms with Gasteiger partial charge in [0.2, 0.25) is 0 Å². The minimum Gasteiger partial charge on any atom is -0.494 e. The summed E-state index contributed by atoms with van der Waals surface area (Å²) in [4.78, 5) is 0. The first-order chi connectivity index (χ1) is 10.5. The summed E-state index contributed by atoms with van der Waals surface area (Å²) in [5, 5.41) is 1.72. The summed E-state index contributed by atoms with van der Waals surface area (Å²) in [6.45, 7) is 0.720. The molecule has 1 aliphatic heterocycles. The number of ether oxygens (including phenoxy) is 1. The smallest absolute Gasteiger partial charge is 0.256 e. The molecule has 0 spiro atoms. The third-order valence-corrected chi connectivity index (χ3v) is 7.20. The van der Waals surface area contributed by atoms with E-state index in [1.165, 1.54) is 22.8 Å². The molecule has 1 aromatic heterocycles. The van der Waals surface area contributed by atoms with E-state index >= 15 is 0 Å². The van der Waals surface area contributed by atoms with E-state index < -0.39 is 10.0 Å². The Kier molecular flexibility index (Phi) is 4.22. The lowest BCUT2D eigenvalue weighted by Gasteiger charge is -2.16. The van der Waals surface area contributed by atoms with Gasteiger partial charge in [0.15, 0.2) is 4.21 Å². The highest BCUT2D eigenvalue weighted by Gasteiger charge is 2.39. The normalized spacial score (nSPS) is 22.8. The first kappa shape index (κ1) is 15.5. The molecule has 1 aromatic carbocycles. The van der Waals surface area contributed by atoms with E-state index in [1.54, 1.807) is 11.4 Å². The quantitative estimate of drug-likeness (QED) is 0.924. The topological polar surface area (TPSA) is 72.6 Å². The predicted octanol–water partition coefficient (Wildman–Crippen LogP) is 1.87. The number of nitrogens with two attached hydrogens (primary N) is 1. The molecule has 5 nitrogen and oxygen atoms in total. The fourth-order valence-corrected chi connectivity index (χ4v) is 5.70. The highest BCUT2D eigenvalue weighted by Crippen LogP contribution is 2.36. The lowest BCUT2D eigenvalue weighted by atomic mass is 9.95. The number of benzene rings is 1. The van der Waals surface area contributed by atoms with Gasteiger partial charge in [-0.25, -0.2) is 8.42 Å². The zero-order valence-electron chi connectivity index (χ0n) is 12.2. The number of hydrogen-bond acceptors (Lipinski definition) is 5. The molecule has 22 heavy (non-hydrogen) atoms. The Morgan fingerprint density at radius 3 is 2.64 bits per heavy atom. The van der Waals surface area contributed by atoms with Crippen LogP contribution in [0.2, 0.25) is 0 Å². The van der Waals surface area contributed by atoms with Gasteiger partial charge in [0.1, 0.15) is 5.75 Å². The van der Waals surface area contributed by atoms with E-state index in [0.717, 1.165) is 5.56 Å². The summed E-state index contributed by atoms with van der Waals surface area (Å²) in [6.07, 6.45) is 0. The summed E-state index contributed by atoms with van der Waals surface area (Å²) in [6, 6.07) is 11.3. The fourth-order valence-electron chi connectivity index (χ4n) is 2.78. The zero-order valence-corrected chi connectivity index (χ0v) is 13.8. The van der Waals surface area contributed by atoms with Crippen molar-refractivity contribution in [2.24, 2.45) is 5.73 Å². The van der Waals surface area contributed by atoms with Crippen LogP contribution in [-0.4, -0.2) is 39.0 Å². The Labute approximate surface area is 134 Å². The lowest BCUT2D eigenvalue weighted by molar-refractivity contribution is 0.402. The van der Waals surface area contributed by atoms with Crippen LogP contribution in [0.15, 0.2) is 46.0 Å². The van der Waals surface area contributed by atoms with Crippen molar-refractivity contribution < 1.29 is 13.2 Å². The molecule has 0 unspecified atom stereocenters. The number of hydrogen-bond donors (Lipinski definition) is 1. The zero-order chi connectivity index (χ0) is 15.7. The van der Waals surface area contributed by atoms with E-state index in [4.69, 9.17) is 10.5 Å². The Bertz CT molecular complexity index is 743. The molecule has 1 aliphatic rings. The van der Waals surface area contributed by atoms with Crippen molar-refractivity contribution in [3.05, 3.63) is 47.3 Å². The molecule has 3 rings (SSSR count). The molecular formula is C15H18N2O3S2. The average Bonchev–Trinajstić information content (AvgIpc) is 3.15. The van der Waals surface area contributed by atoms with Gasteiger partial charge < -0.3 is 10.5 Å². The molecule has 118 valence electrons. The van der Waals surface area contributed by atoms with Crippen molar-refractivity contribution in [3.8, 4) is 5.75 Å². The van der Waals surface area contributed by atoms with E-state index in [2.05, 4.69) is 0 Å². The molecule has 2 atom stereocenters. The lowest BCUT2D eigenvalue weighted by Crippen LogP contribution is -2.32. The van der Waals surface area contributed by atoms with Crippen LogP contribution in [0, 0.1) is 0 Å². The number of rotatable bonds is 4. The Hall–Kier alpha value is -1.41. The summed E-state index contributed by atoms with van der Waals surface area (Å²) < 4.78 is 32.4. The van der Waals surface area contributed by atoms with Crippen LogP contribution >= 0.6 is 11.3 Å². The number of thiophene rings is 1. The van der Waals surface area contributed by atoms with Gasteiger partial charge in [0, 0.05) is 25.0 Å². The number of sulfonamides is 1. The molecule has 0 amide bonds. The highest BCUT2D eigenvalue weighted by molar-refractivity contribution is 7.91. The van der Waals surface area contributed by atoms with Crippen LogP contribution in [0.5, 0.6) is 5.75 Å². The molecule has 1 saturated heterocycles. The molecule has 0 radical (unpaired) electrons. The highest BCUT2D eigenvalue weighted by atomic mass is 32.2. The minimum atomic E-state index is -3.57. The molecule has 0 saturated carbocycles. The van der Waals surface area contributed by atoms with Crippen LogP contribution in [0.3, 0.4) is 0 Å². The number of nitrogens with zero attached hydrogens (tertiary/aromatic N) is 1. The average molecular weight is 338 g/mol. The van der Waals surface area contributed by atoms with Crippen LogP contribution in [0.4, 0.5) is 0 Å². The van der Waals surface area contributed by atoms with E-state index in [1.807, 2.05) is 30.3 Å². The van der Waals surface area contributed by atoms with Crippen molar-refractivity contribution in [2.45, 2.75) is 16.2 Å². The molecule has 1 fully saturated rings. The second kappa shape index (κ2) is 6.00. The largest absolute Gasteiger partial charge is 0.494 e. The maximum absolute atomic E-state index is 12.8. The maximum Gasteiger partial charge on any atom is 0.256 e. The summed E-state index contributed by atoms with van der Waals surface area (Å²) in [5.41, 5.74) is 7.26. The van der Waals surface area contributed by atoms with Crippen LogP contribution in [0.1, 0.15) is 11.5 Å². The van der Waals surface area contributed by atoms with Gasteiger partial charge >= 0.3 is 0 Å². The third-order valence-electron chi connectivity index (χ3n) is 3.95. The number of methoxy groups -OCH3 is 1. The van der Waals surface area contributed by atoms with Gasteiger partial charge in [-0.1, -0.05) is 30.3 Å². The van der Waals surface area contributed by atoms with Gasteiger partial charge in [-0.3, -0.25) is 0 Å². The molecule has 7 heteroatoms. The van der Waals surface area contributed by atoms with Gasteiger partial charge in [0.25, 0.3) is 10.0 Å². The second-order valence-electron chi connectivity index (χ2n) is 5.28. The molecule has 0 aliphatic carbocycles. The predicted molar refractivity (Wildman–Crippen MR) is 86.8 cm³/mol. The van der Waals surface area contributed by atoms with E-state index in [0.29, 0.717) is 18.8 Å². The van der Waals surface area contributed by atoms with Crippen molar-refractivity contribution in [1.29, 1.82) is 0 Å². The SMILES string of the molecule is COc1ccsc1S(=O)(=O)N1C[C@@H](N)[C@H](c2ccccc2)C1. The summed E-state index contributed by atoms with van der Waals surface area (Å²) in [5.74, 6) is 0.406. The summed E-state index contributed by atoms with van der Waals surface area (Å²) >= 11 is 1.17. The van der Waals surface area contributed by atoms with Gasteiger partial charge in [-0.15, -0.1) is 11.3 Å². The van der Waals surface area contributed by atoms with Crippen molar-refractivity contribution in [3.63, 3.8) is 0 Å². The monoisotopic (exact) mass is 338 g/mol. The van der Waals surface area contributed by atoms with E-state index in [9.17, 15) is 8.42 Å². The van der Waals surface area contributed by atoms with Crippen LogP contribution < -0.4 is 10.5 Å². The first-order valence-electron chi connectivity index (χ1n) is 6.96. The molecule has 2 heterocycles. The van der Waals surface area contributed by atoms with Crippen molar-refractivity contribution in [2.75, 3.05) is 20.2 Å². The Morgan fingerprint density at radius 2 is 1.95 bits per heavy atom. The van der Waals surface area contributed by atoms with Crippen molar-refractivity contribution >= 4 is 21.4 Å². The Balaban J connectivity index is 1.88. The van der Waals surface area contributed by atoms with Crippen LogP contribution in [0.25, 0.3) is 0 Å². The minimum absolute atomic E-state index is 0.0157. The summed E-state index contributed by atoms with van der Waals surface area (Å²) in [7, 11) is -2.09. The van der Waals surface area contributed by atoms with Crippen molar-refractivity contribution in [1.82, 2.24) is 4.31 Å². The fraction of sp³-hybridized carbons (Fsp3) is 0.333. The van der Waals surface area contributed by atoms with Gasteiger partial charge in [0.05, 0.1) is 7.11 Å². The first-order valence-corrected chi connectivity index (χ1v) is 9.28.